The topological polar surface area (TPSA) is 108 Å². The number of carbonyl (C=O) groups is 3. The normalized spacial score (nSPS) is 15.6. The number of para-hydroxylation sites is 2. The zero-order valence-electron chi connectivity index (χ0n) is 24.4. The van der Waals surface area contributed by atoms with Crippen molar-refractivity contribution in [3.8, 4) is 5.75 Å². The van der Waals surface area contributed by atoms with Crippen LogP contribution in [0.2, 0.25) is 0 Å². The van der Waals surface area contributed by atoms with Crippen LogP contribution in [0.15, 0.2) is 36.4 Å². The van der Waals surface area contributed by atoms with E-state index in [0.29, 0.717) is 23.2 Å². The summed E-state index contributed by atoms with van der Waals surface area (Å²) >= 11 is 0. The molecule has 2 aromatic carbocycles. The van der Waals surface area contributed by atoms with Crippen LogP contribution in [0.1, 0.15) is 82.2 Å². The van der Waals surface area contributed by atoms with E-state index in [2.05, 4.69) is 10.6 Å². The maximum absolute atomic E-state index is 14.3. The quantitative estimate of drug-likeness (QED) is 0.368. The molecule has 0 aliphatic heterocycles. The number of phenolic OH excluding ortho intramolecular Hbond substituents is 1. The smallest absolute Gasteiger partial charge is 0.408 e. The minimum absolute atomic E-state index is 0.0298. The van der Waals surface area contributed by atoms with E-state index in [0.717, 1.165) is 24.0 Å². The lowest BCUT2D eigenvalue weighted by atomic mass is 9.94. The summed E-state index contributed by atoms with van der Waals surface area (Å²) in [5, 5.41) is 16.9. The lowest BCUT2D eigenvalue weighted by Crippen LogP contribution is -2.55. The fourth-order valence-electron chi connectivity index (χ4n) is 4.67. The zero-order chi connectivity index (χ0) is 29.1. The molecule has 1 fully saturated rings. The van der Waals surface area contributed by atoms with Gasteiger partial charge in [0.1, 0.15) is 23.4 Å². The van der Waals surface area contributed by atoms with Crippen molar-refractivity contribution in [1.29, 1.82) is 0 Å². The largest absolute Gasteiger partial charge is 0.507 e. The summed E-state index contributed by atoms with van der Waals surface area (Å²) in [7, 11) is 0. The Morgan fingerprint density at radius 1 is 1.03 bits per heavy atom. The maximum atomic E-state index is 14.3. The number of hydrogen-bond acceptors (Lipinski definition) is 5. The number of alkyl carbamates (subject to hydrolysis) is 1. The van der Waals surface area contributed by atoms with E-state index in [1.54, 1.807) is 50.8 Å². The van der Waals surface area contributed by atoms with Crippen LogP contribution in [0.4, 0.5) is 10.5 Å². The SMILES string of the molecule is CCC(C)C(NC(=O)OC(C)(C)C)C(=O)N(C1CC1)C(C(=O)Nc1c(C)cccc1C)c1cccc(C)c1O. The second-order valence-corrected chi connectivity index (χ2v) is 11.7. The van der Waals surface area contributed by atoms with Crippen LogP contribution in [0.5, 0.6) is 5.75 Å². The molecule has 3 amide bonds. The first-order valence-corrected chi connectivity index (χ1v) is 13.7. The molecule has 2 aromatic rings. The number of phenols is 1. The highest BCUT2D eigenvalue weighted by Crippen LogP contribution is 2.40. The van der Waals surface area contributed by atoms with Crippen molar-refractivity contribution in [2.45, 2.75) is 98.4 Å². The number of benzene rings is 2. The first-order chi connectivity index (χ1) is 18.2. The fourth-order valence-corrected chi connectivity index (χ4v) is 4.67. The molecule has 0 heterocycles. The van der Waals surface area contributed by atoms with Crippen LogP contribution >= 0.6 is 0 Å². The van der Waals surface area contributed by atoms with Crippen LogP contribution in [0, 0.1) is 26.7 Å². The predicted molar refractivity (Wildman–Crippen MR) is 153 cm³/mol. The van der Waals surface area contributed by atoms with E-state index in [1.165, 1.54) is 0 Å². The van der Waals surface area contributed by atoms with Gasteiger partial charge in [0.2, 0.25) is 5.91 Å². The van der Waals surface area contributed by atoms with Crippen molar-refractivity contribution in [2.24, 2.45) is 5.92 Å². The van der Waals surface area contributed by atoms with Crippen molar-refractivity contribution < 1.29 is 24.2 Å². The Kier molecular flexibility index (Phi) is 9.30. The van der Waals surface area contributed by atoms with Gasteiger partial charge < -0.3 is 25.4 Å². The van der Waals surface area contributed by atoms with Gasteiger partial charge in [0.15, 0.2) is 0 Å². The number of nitrogens with one attached hydrogen (secondary N) is 2. The zero-order valence-corrected chi connectivity index (χ0v) is 24.4. The number of anilines is 1. The third-order valence-electron chi connectivity index (χ3n) is 7.17. The number of rotatable bonds is 9. The van der Waals surface area contributed by atoms with Crippen LogP contribution in [0.25, 0.3) is 0 Å². The van der Waals surface area contributed by atoms with Gasteiger partial charge in [-0.25, -0.2) is 4.79 Å². The molecule has 3 unspecified atom stereocenters. The molecule has 8 nitrogen and oxygen atoms in total. The summed E-state index contributed by atoms with van der Waals surface area (Å²) in [6.45, 7) is 14.7. The van der Waals surface area contributed by atoms with Crippen molar-refractivity contribution in [2.75, 3.05) is 5.32 Å². The van der Waals surface area contributed by atoms with E-state index in [4.69, 9.17) is 4.74 Å². The molecular weight excluding hydrogens is 494 g/mol. The van der Waals surface area contributed by atoms with Gasteiger partial charge in [0.05, 0.1) is 0 Å². The highest BCUT2D eigenvalue weighted by Gasteiger charge is 2.46. The molecule has 0 saturated heterocycles. The second-order valence-electron chi connectivity index (χ2n) is 11.7. The molecule has 212 valence electrons. The van der Waals surface area contributed by atoms with E-state index < -0.39 is 29.7 Å². The molecule has 1 aliphatic rings. The number of carbonyl (C=O) groups excluding carboxylic acids is 3. The van der Waals surface area contributed by atoms with Crippen molar-refractivity contribution >= 4 is 23.6 Å². The predicted octanol–water partition coefficient (Wildman–Crippen LogP) is 5.93. The third-order valence-corrected chi connectivity index (χ3v) is 7.17. The van der Waals surface area contributed by atoms with E-state index in [9.17, 15) is 19.5 Å². The fraction of sp³-hybridized carbons (Fsp3) is 0.516. The van der Waals surface area contributed by atoms with E-state index in [-0.39, 0.29) is 23.6 Å². The van der Waals surface area contributed by atoms with E-state index >= 15 is 0 Å². The van der Waals surface area contributed by atoms with E-state index in [1.807, 2.05) is 45.9 Å². The summed E-state index contributed by atoms with van der Waals surface area (Å²) < 4.78 is 5.46. The van der Waals surface area contributed by atoms with Crippen molar-refractivity contribution in [3.05, 3.63) is 58.7 Å². The van der Waals surface area contributed by atoms with Gasteiger partial charge in [-0.15, -0.1) is 0 Å². The Morgan fingerprint density at radius 3 is 2.13 bits per heavy atom. The average molecular weight is 538 g/mol. The van der Waals surface area contributed by atoms with Gasteiger partial charge in [0, 0.05) is 17.3 Å². The molecule has 39 heavy (non-hydrogen) atoms. The minimum atomic E-state index is -1.10. The highest BCUT2D eigenvalue weighted by molar-refractivity contribution is 6.00. The van der Waals surface area contributed by atoms with Crippen LogP contribution < -0.4 is 10.6 Å². The Hall–Kier alpha value is -3.55. The lowest BCUT2D eigenvalue weighted by molar-refractivity contribution is -0.142. The van der Waals surface area contributed by atoms with Gasteiger partial charge in [-0.1, -0.05) is 56.7 Å². The average Bonchev–Trinajstić information content (AvgIpc) is 3.68. The number of aromatic hydroxyl groups is 1. The third kappa shape index (κ3) is 7.31. The standard InChI is InChI=1S/C31H43N3O5/c1-9-18(2)25(33-30(38)39-31(6,7)8)29(37)34(22-16-17-22)26(23-15-11-14-21(5)27(23)35)28(36)32-24-19(3)12-10-13-20(24)4/h10-15,18,22,25-26,35H,9,16-17H2,1-8H3,(H,32,36)(H,33,38). The molecule has 0 radical (unpaired) electrons. The molecule has 3 atom stereocenters. The van der Waals surface area contributed by atoms with Crippen LogP contribution in [0.3, 0.4) is 0 Å². The molecule has 1 aliphatic carbocycles. The lowest BCUT2D eigenvalue weighted by Gasteiger charge is -2.36. The number of nitrogens with zero attached hydrogens (tertiary/aromatic N) is 1. The van der Waals surface area contributed by atoms with Gasteiger partial charge >= 0.3 is 6.09 Å². The Bertz CT molecular complexity index is 1190. The summed E-state index contributed by atoms with van der Waals surface area (Å²) in [5.41, 5.74) is 2.68. The summed E-state index contributed by atoms with van der Waals surface area (Å²) in [6.07, 6.45) is 1.39. The van der Waals surface area contributed by atoms with Gasteiger partial charge in [-0.2, -0.15) is 0 Å². The monoisotopic (exact) mass is 537 g/mol. The minimum Gasteiger partial charge on any atom is -0.507 e. The van der Waals surface area contributed by atoms with Crippen LogP contribution in [-0.2, 0) is 14.3 Å². The number of ether oxygens (including phenoxy) is 1. The number of aryl methyl sites for hydroxylation is 3. The summed E-state index contributed by atoms with van der Waals surface area (Å²) in [6, 6.07) is 8.74. The first kappa shape index (κ1) is 30.0. The van der Waals surface area contributed by atoms with Crippen molar-refractivity contribution in [1.82, 2.24) is 10.2 Å². The van der Waals surface area contributed by atoms with Crippen molar-refractivity contribution in [3.63, 3.8) is 0 Å². The Labute approximate surface area is 232 Å². The molecule has 1 saturated carbocycles. The molecule has 0 bridgehead atoms. The molecule has 0 spiro atoms. The summed E-state index contributed by atoms with van der Waals surface area (Å²) in [4.78, 5) is 42.8. The van der Waals surface area contributed by atoms with Gasteiger partial charge in [-0.05, 0) is 77.0 Å². The Morgan fingerprint density at radius 2 is 1.59 bits per heavy atom. The molecule has 8 heteroatoms. The maximum Gasteiger partial charge on any atom is 0.408 e. The highest BCUT2D eigenvalue weighted by atomic mass is 16.6. The molecule has 0 aromatic heterocycles. The molecule has 3 rings (SSSR count). The van der Waals surface area contributed by atoms with Gasteiger partial charge in [-0.3, -0.25) is 9.59 Å². The molecular formula is C31H43N3O5. The molecule has 3 N–H and O–H groups in total. The second kappa shape index (κ2) is 12.1. The number of hydrogen-bond donors (Lipinski definition) is 3. The summed E-state index contributed by atoms with van der Waals surface area (Å²) in [5.74, 6) is -1.05. The van der Waals surface area contributed by atoms with Gasteiger partial charge in [0.25, 0.3) is 5.91 Å². The first-order valence-electron chi connectivity index (χ1n) is 13.7. The van der Waals surface area contributed by atoms with Crippen LogP contribution in [-0.4, -0.2) is 45.6 Å². The Balaban J connectivity index is 2.08. The number of amides is 3.